The number of aliphatic hydroxyl groups excluding tert-OH is 1. The maximum Gasteiger partial charge on any atom is 0.509 e. The highest BCUT2D eigenvalue weighted by molar-refractivity contribution is 5.83. The van der Waals surface area contributed by atoms with Gasteiger partial charge in [0.1, 0.15) is 17.5 Å². The molecule has 1 aromatic rings. The molecule has 180 valence electrons. The van der Waals surface area contributed by atoms with Crippen molar-refractivity contribution < 1.29 is 42.4 Å². The summed E-state index contributed by atoms with van der Waals surface area (Å²) in [5.41, 5.74) is -2.17. The molecule has 2 heterocycles. The minimum Gasteiger partial charge on any atom is -0.449 e. The van der Waals surface area contributed by atoms with E-state index in [0.29, 0.717) is 11.0 Å². The van der Waals surface area contributed by atoms with Crippen LogP contribution >= 0.6 is 0 Å². The largest absolute Gasteiger partial charge is 0.509 e. The van der Waals surface area contributed by atoms with Gasteiger partial charge in [-0.25, -0.2) is 14.4 Å². The smallest absolute Gasteiger partial charge is 0.449 e. The Kier molecular flexibility index (Phi) is 8.13. The first-order valence-corrected chi connectivity index (χ1v) is 9.95. The Morgan fingerprint density at radius 3 is 2.62 bits per heavy atom. The van der Waals surface area contributed by atoms with E-state index in [1.165, 1.54) is 20.8 Å². The van der Waals surface area contributed by atoms with Crippen LogP contribution in [0.3, 0.4) is 0 Å². The van der Waals surface area contributed by atoms with Crippen molar-refractivity contribution in [3.05, 3.63) is 22.7 Å². The highest BCUT2D eigenvalue weighted by Gasteiger charge is 2.62. The molecule has 0 saturated carbocycles. The summed E-state index contributed by atoms with van der Waals surface area (Å²) in [4.78, 5) is 39.4. The minimum absolute atomic E-state index is 0.170. The van der Waals surface area contributed by atoms with Crippen LogP contribution in [0.4, 0.5) is 24.2 Å². The molecule has 0 aliphatic carbocycles. The molecule has 1 aromatic heterocycles. The number of amides is 1. The molecule has 13 heteroatoms. The molecule has 2 N–H and O–H groups in total. The number of alkyl halides is 2. The third-order valence-electron chi connectivity index (χ3n) is 4.19. The fraction of sp³-hybridized carbons (Fsp3) is 0.684. The Hall–Kier alpha value is -2.80. The van der Waals surface area contributed by atoms with Gasteiger partial charge < -0.3 is 24.1 Å². The molecule has 1 fully saturated rings. The van der Waals surface area contributed by atoms with Crippen LogP contribution in [-0.4, -0.2) is 63.9 Å². The lowest BCUT2D eigenvalue weighted by molar-refractivity contribution is -0.149. The molecule has 1 unspecified atom stereocenters. The zero-order valence-corrected chi connectivity index (χ0v) is 18.2. The van der Waals surface area contributed by atoms with Crippen molar-refractivity contribution in [1.82, 2.24) is 9.55 Å². The van der Waals surface area contributed by atoms with Gasteiger partial charge >= 0.3 is 23.9 Å². The van der Waals surface area contributed by atoms with Gasteiger partial charge in [0.2, 0.25) is 12.3 Å². The van der Waals surface area contributed by atoms with Crippen LogP contribution in [0.5, 0.6) is 0 Å². The summed E-state index contributed by atoms with van der Waals surface area (Å²) in [6.07, 6.45) is -5.91. The first kappa shape index (κ1) is 25.5. The quantitative estimate of drug-likeness (QED) is 0.461. The van der Waals surface area contributed by atoms with Crippen LogP contribution in [0, 0.1) is 0 Å². The van der Waals surface area contributed by atoms with Crippen molar-refractivity contribution >= 4 is 18.1 Å². The molecule has 0 radical (unpaired) electrons. The van der Waals surface area contributed by atoms with E-state index in [1.807, 2.05) is 6.92 Å². The van der Waals surface area contributed by atoms with E-state index in [4.69, 9.17) is 18.9 Å². The van der Waals surface area contributed by atoms with Gasteiger partial charge in [0, 0.05) is 6.20 Å². The lowest BCUT2D eigenvalue weighted by Gasteiger charge is -2.25. The van der Waals surface area contributed by atoms with Crippen molar-refractivity contribution in [1.29, 1.82) is 0 Å². The van der Waals surface area contributed by atoms with E-state index in [0.717, 1.165) is 18.7 Å². The summed E-state index contributed by atoms with van der Waals surface area (Å²) in [7, 11) is 0. The molecule has 1 aliphatic heterocycles. The van der Waals surface area contributed by atoms with E-state index in [2.05, 4.69) is 10.3 Å². The van der Waals surface area contributed by atoms with Crippen LogP contribution in [0.15, 0.2) is 17.1 Å². The highest BCUT2D eigenvalue weighted by atomic mass is 19.3. The van der Waals surface area contributed by atoms with E-state index in [1.54, 1.807) is 0 Å². The predicted octanol–water partition coefficient (Wildman–Crippen LogP) is 2.44. The lowest BCUT2D eigenvalue weighted by Crippen LogP contribution is -2.45. The summed E-state index contributed by atoms with van der Waals surface area (Å²) in [6, 6.07) is 1.10. The molecule has 0 spiro atoms. The van der Waals surface area contributed by atoms with Crippen LogP contribution < -0.4 is 11.0 Å². The molecular formula is C19H27F2N3O8. The van der Waals surface area contributed by atoms with Crippen molar-refractivity contribution in [3.63, 3.8) is 0 Å². The number of ether oxygens (including phenoxy) is 4. The standard InChI is InChI=1S/C19H27F2N3O8/c1-5-6-9-29-16(27)23-12-7-8-24(15(26)22-12)14-19(20,21)13(11(10-25)30-14)31-17(28)32-18(2,3)4/h7-8,11,13-14,25H,5-6,9-10H2,1-4H3,(H,22,23,26,27)/t11-,13?,14-/m1/s1. The predicted molar refractivity (Wildman–Crippen MR) is 105 cm³/mol. The van der Waals surface area contributed by atoms with Crippen molar-refractivity contribution in [2.24, 2.45) is 0 Å². The Balaban J connectivity index is 2.17. The number of carbonyl (C=O) groups is 2. The van der Waals surface area contributed by atoms with Gasteiger partial charge in [-0.2, -0.15) is 13.8 Å². The number of unbranched alkanes of at least 4 members (excludes halogenated alkanes) is 1. The second kappa shape index (κ2) is 10.2. The van der Waals surface area contributed by atoms with E-state index in [9.17, 15) is 19.5 Å². The molecule has 2 rings (SSSR count). The summed E-state index contributed by atoms with van der Waals surface area (Å²) in [5, 5.41) is 11.6. The highest BCUT2D eigenvalue weighted by Crippen LogP contribution is 2.44. The fourth-order valence-corrected chi connectivity index (χ4v) is 2.75. The molecule has 11 nitrogen and oxygen atoms in total. The molecule has 3 atom stereocenters. The number of aromatic nitrogens is 2. The zero-order valence-electron chi connectivity index (χ0n) is 18.2. The normalized spacial score (nSPS) is 22.3. The van der Waals surface area contributed by atoms with E-state index >= 15 is 8.78 Å². The van der Waals surface area contributed by atoms with Gasteiger partial charge in [0.25, 0.3) is 0 Å². The Bertz CT molecular complexity index is 871. The molecule has 1 saturated heterocycles. The number of hydrogen-bond acceptors (Lipinski definition) is 9. The number of hydrogen-bond donors (Lipinski definition) is 2. The van der Waals surface area contributed by atoms with Crippen LogP contribution in [0.25, 0.3) is 0 Å². The van der Waals surface area contributed by atoms with Gasteiger partial charge in [-0.1, -0.05) is 13.3 Å². The molecule has 0 aromatic carbocycles. The Labute approximate surface area is 182 Å². The number of carbonyl (C=O) groups excluding carboxylic acids is 2. The maximum atomic E-state index is 15.0. The SMILES string of the molecule is CCCCOC(=O)Nc1ccn([C@@H]2O[C@H](CO)C(OC(=O)OC(C)(C)C)C2(F)F)c(=O)n1. The third-order valence-corrected chi connectivity index (χ3v) is 4.19. The summed E-state index contributed by atoms with van der Waals surface area (Å²) in [6.45, 7) is 5.72. The van der Waals surface area contributed by atoms with Gasteiger partial charge in [-0.05, 0) is 33.3 Å². The number of halogens is 2. The lowest BCUT2D eigenvalue weighted by atomic mass is 10.1. The average molecular weight is 463 g/mol. The van der Waals surface area contributed by atoms with Crippen LogP contribution in [-0.2, 0) is 18.9 Å². The number of anilines is 1. The fourth-order valence-electron chi connectivity index (χ4n) is 2.75. The zero-order chi connectivity index (χ0) is 24.1. The minimum atomic E-state index is -3.91. The van der Waals surface area contributed by atoms with E-state index < -0.39 is 54.5 Å². The van der Waals surface area contributed by atoms with Crippen LogP contribution in [0.2, 0.25) is 0 Å². The summed E-state index contributed by atoms with van der Waals surface area (Å²) >= 11 is 0. The van der Waals surface area contributed by atoms with Crippen molar-refractivity contribution in [3.8, 4) is 0 Å². The Morgan fingerprint density at radius 1 is 1.38 bits per heavy atom. The number of aliphatic hydroxyl groups is 1. The van der Waals surface area contributed by atoms with Gasteiger partial charge in [-0.15, -0.1) is 0 Å². The maximum absolute atomic E-state index is 15.0. The third kappa shape index (κ3) is 6.36. The van der Waals surface area contributed by atoms with Gasteiger partial charge in [0.05, 0.1) is 13.2 Å². The summed E-state index contributed by atoms with van der Waals surface area (Å²) < 4.78 is 50.0. The second-order valence-electron chi connectivity index (χ2n) is 8.00. The van der Waals surface area contributed by atoms with Gasteiger partial charge in [-0.3, -0.25) is 9.88 Å². The molecule has 1 aliphatic rings. The Morgan fingerprint density at radius 2 is 2.06 bits per heavy atom. The number of nitrogens with one attached hydrogen (secondary N) is 1. The molecular weight excluding hydrogens is 436 g/mol. The first-order valence-electron chi connectivity index (χ1n) is 9.95. The van der Waals surface area contributed by atoms with Crippen LogP contribution in [0.1, 0.15) is 46.8 Å². The van der Waals surface area contributed by atoms with Crippen molar-refractivity contribution in [2.45, 2.75) is 70.5 Å². The summed E-state index contributed by atoms with van der Waals surface area (Å²) in [5.74, 6) is -4.13. The molecule has 0 bridgehead atoms. The monoisotopic (exact) mass is 463 g/mol. The van der Waals surface area contributed by atoms with E-state index in [-0.39, 0.29) is 12.4 Å². The second-order valence-corrected chi connectivity index (χ2v) is 8.00. The molecule has 32 heavy (non-hydrogen) atoms. The van der Waals surface area contributed by atoms with Gasteiger partial charge in [0.15, 0.2) is 0 Å². The molecule has 1 amide bonds. The average Bonchev–Trinajstić information content (AvgIpc) is 2.91. The van der Waals surface area contributed by atoms with Crippen molar-refractivity contribution in [2.75, 3.05) is 18.5 Å². The number of rotatable bonds is 7. The number of nitrogens with zero attached hydrogens (tertiary/aromatic N) is 2. The topological polar surface area (TPSA) is 138 Å². The first-order chi connectivity index (χ1) is 14.9.